The van der Waals surface area contributed by atoms with Crippen molar-refractivity contribution in [2.24, 2.45) is 0 Å². The minimum absolute atomic E-state index is 0.0263. The predicted molar refractivity (Wildman–Crippen MR) is 109 cm³/mol. The average Bonchev–Trinajstić information content (AvgIpc) is 3.28. The van der Waals surface area contributed by atoms with E-state index in [9.17, 15) is 18.0 Å². The van der Waals surface area contributed by atoms with Gasteiger partial charge in [0, 0.05) is 13.1 Å². The van der Waals surface area contributed by atoms with E-state index in [4.69, 9.17) is 4.74 Å². The first kappa shape index (κ1) is 21.5. The summed E-state index contributed by atoms with van der Waals surface area (Å²) in [7, 11) is -1.37. The lowest BCUT2D eigenvalue weighted by Gasteiger charge is -2.24. The molecule has 0 bridgehead atoms. The lowest BCUT2D eigenvalue weighted by atomic mass is 10.2. The molecule has 0 radical (unpaired) electrons. The number of nitrogens with one attached hydrogen (secondary N) is 1. The number of rotatable bonds is 7. The minimum atomic E-state index is -4.12. The molecule has 0 saturated carbocycles. The number of hydrogen-bond donors (Lipinski definition) is 1. The van der Waals surface area contributed by atoms with E-state index in [1.165, 1.54) is 31.4 Å². The van der Waals surface area contributed by atoms with E-state index in [-0.39, 0.29) is 23.5 Å². The Morgan fingerprint density at radius 2 is 1.80 bits per heavy atom. The van der Waals surface area contributed by atoms with E-state index in [0.717, 1.165) is 9.87 Å². The van der Waals surface area contributed by atoms with Crippen LogP contribution in [-0.4, -0.2) is 51.4 Å². The third-order valence-electron chi connectivity index (χ3n) is 4.69. The van der Waals surface area contributed by atoms with Gasteiger partial charge in [-0.05, 0) is 29.8 Å². The number of hydrogen-bond acceptors (Lipinski definition) is 6. The first-order valence-corrected chi connectivity index (χ1v) is 10.6. The third-order valence-corrected chi connectivity index (χ3v) is 6.59. The first-order valence-electron chi connectivity index (χ1n) is 9.15. The molecule has 0 fully saturated rings. The Morgan fingerprint density at radius 3 is 2.47 bits per heavy atom. The van der Waals surface area contributed by atoms with Crippen LogP contribution in [-0.2, 0) is 26.1 Å². The predicted octanol–water partition coefficient (Wildman–Crippen LogP) is 1.73. The van der Waals surface area contributed by atoms with Gasteiger partial charge < -0.3 is 14.8 Å². The quantitative estimate of drug-likeness (QED) is 0.530. The molecule has 1 heterocycles. The van der Waals surface area contributed by atoms with Crippen LogP contribution in [0, 0.1) is 0 Å². The molecule has 3 rings (SSSR count). The maximum atomic E-state index is 13.2. The summed E-state index contributed by atoms with van der Waals surface area (Å²) in [6, 6.07) is 11.9. The second kappa shape index (κ2) is 9.10. The zero-order valence-corrected chi connectivity index (χ0v) is 17.4. The van der Waals surface area contributed by atoms with Gasteiger partial charge in [0.05, 0.1) is 24.7 Å². The van der Waals surface area contributed by atoms with Crippen LogP contribution in [0.4, 0.5) is 0 Å². The molecule has 1 aliphatic rings. The van der Waals surface area contributed by atoms with E-state index in [1.807, 2.05) is 12.1 Å². The Balaban J connectivity index is 1.78. The number of methoxy groups -OCH3 is 2. The van der Waals surface area contributed by atoms with Crippen molar-refractivity contribution in [1.29, 1.82) is 0 Å². The topological polar surface area (TPSA) is 102 Å². The standard InChI is InChI=1S/C21H22N2O6S/c1-28-16-11-9-15(10-12-16)14-22-20(24)18-7-5-13-23(18)30(26,27)19-8-4-3-6-17(19)21(25)29-2/h3-12,18H,13-14H2,1-2H3,(H,22,24)/t18-/m1/s1. The van der Waals surface area contributed by atoms with Gasteiger partial charge in [0.25, 0.3) is 0 Å². The summed E-state index contributed by atoms with van der Waals surface area (Å²) in [4.78, 5) is 24.5. The molecule has 2 aromatic rings. The monoisotopic (exact) mass is 430 g/mol. The molecule has 1 amide bonds. The van der Waals surface area contributed by atoms with E-state index in [2.05, 4.69) is 10.1 Å². The molecule has 2 aromatic carbocycles. The van der Waals surface area contributed by atoms with E-state index in [0.29, 0.717) is 5.75 Å². The van der Waals surface area contributed by atoms with Crippen molar-refractivity contribution in [1.82, 2.24) is 9.62 Å². The van der Waals surface area contributed by atoms with Crippen molar-refractivity contribution >= 4 is 21.9 Å². The lowest BCUT2D eigenvalue weighted by molar-refractivity contribution is -0.123. The molecule has 0 aliphatic carbocycles. The Morgan fingerprint density at radius 1 is 1.10 bits per heavy atom. The maximum absolute atomic E-state index is 13.2. The van der Waals surface area contributed by atoms with Crippen LogP contribution in [0.1, 0.15) is 15.9 Å². The van der Waals surface area contributed by atoms with Gasteiger partial charge in [-0.3, -0.25) is 4.79 Å². The van der Waals surface area contributed by atoms with Crippen LogP contribution in [0.3, 0.4) is 0 Å². The van der Waals surface area contributed by atoms with Gasteiger partial charge in [0.2, 0.25) is 15.9 Å². The number of amides is 1. The second-order valence-electron chi connectivity index (χ2n) is 6.50. The zero-order chi connectivity index (χ0) is 21.7. The van der Waals surface area contributed by atoms with Crippen LogP contribution in [0.5, 0.6) is 5.75 Å². The van der Waals surface area contributed by atoms with Crippen LogP contribution < -0.4 is 10.1 Å². The van der Waals surface area contributed by atoms with Crippen molar-refractivity contribution in [3.05, 3.63) is 71.8 Å². The Kier molecular flexibility index (Phi) is 6.53. The van der Waals surface area contributed by atoms with Gasteiger partial charge in [0.15, 0.2) is 0 Å². The van der Waals surface area contributed by atoms with Gasteiger partial charge >= 0.3 is 5.97 Å². The Bertz CT molecular complexity index is 1060. The molecule has 30 heavy (non-hydrogen) atoms. The fraction of sp³-hybridized carbons (Fsp3) is 0.238. The highest BCUT2D eigenvalue weighted by Gasteiger charge is 2.38. The van der Waals surface area contributed by atoms with Crippen molar-refractivity contribution in [2.75, 3.05) is 20.8 Å². The first-order chi connectivity index (χ1) is 14.4. The Labute approximate surface area is 175 Å². The molecule has 1 atom stereocenters. The van der Waals surface area contributed by atoms with Crippen LogP contribution in [0.2, 0.25) is 0 Å². The van der Waals surface area contributed by atoms with E-state index in [1.54, 1.807) is 31.4 Å². The highest BCUT2D eigenvalue weighted by atomic mass is 32.2. The highest BCUT2D eigenvalue weighted by molar-refractivity contribution is 7.89. The normalized spacial score (nSPS) is 16.3. The molecule has 0 saturated heterocycles. The number of benzene rings is 2. The third kappa shape index (κ3) is 4.37. The SMILES string of the molecule is COC(=O)c1ccccc1S(=O)(=O)N1CC=C[C@@H]1C(=O)NCc1ccc(OC)cc1. The summed E-state index contributed by atoms with van der Waals surface area (Å²) in [5.74, 6) is -0.522. The van der Waals surface area contributed by atoms with Crippen molar-refractivity contribution in [3.63, 3.8) is 0 Å². The zero-order valence-electron chi connectivity index (χ0n) is 16.6. The Hall–Kier alpha value is -3.17. The van der Waals surface area contributed by atoms with Crippen LogP contribution in [0.15, 0.2) is 65.6 Å². The maximum Gasteiger partial charge on any atom is 0.339 e. The van der Waals surface area contributed by atoms with Crippen molar-refractivity contribution in [2.45, 2.75) is 17.5 Å². The lowest BCUT2D eigenvalue weighted by Crippen LogP contribution is -2.46. The van der Waals surface area contributed by atoms with E-state index < -0.39 is 27.9 Å². The molecule has 0 aromatic heterocycles. The fourth-order valence-corrected chi connectivity index (χ4v) is 4.78. The van der Waals surface area contributed by atoms with E-state index >= 15 is 0 Å². The number of ether oxygens (including phenoxy) is 2. The molecular formula is C21H22N2O6S. The highest BCUT2D eigenvalue weighted by Crippen LogP contribution is 2.25. The number of sulfonamides is 1. The number of nitrogens with zero attached hydrogens (tertiary/aromatic N) is 1. The number of carbonyl (C=O) groups excluding carboxylic acids is 2. The fourth-order valence-electron chi connectivity index (χ4n) is 3.10. The van der Waals surface area contributed by atoms with Gasteiger partial charge in [-0.15, -0.1) is 0 Å². The molecule has 9 heteroatoms. The van der Waals surface area contributed by atoms with Crippen LogP contribution >= 0.6 is 0 Å². The van der Waals surface area contributed by atoms with Gasteiger partial charge in [-0.1, -0.05) is 36.4 Å². The number of esters is 1. The van der Waals surface area contributed by atoms with Gasteiger partial charge in [-0.2, -0.15) is 4.31 Å². The molecule has 1 aliphatic heterocycles. The van der Waals surface area contributed by atoms with Gasteiger partial charge in [-0.25, -0.2) is 13.2 Å². The summed E-state index contributed by atoms with van der Waals surface area (Å²) in [5, 5.41) is 2.75. The van der Waals surface area contributed by atoms with Gasteiger partial charge in [0.1, 0.15) is 11.8 Å². The molecule has 1 N–H and O–H groups in total. The summed E-state index contributed by atoms with van der Waals surface area (Å²) in [6.45, 7) is 0.262. The molecular weight excluding hydrogens is 408 g/mol. The summed E-state index contributed by atoms with van der Waals surface area (Å²) in [6.07, 6.45) is 3.14. The molecule has 0 spiro atoms. The molecule has 8 nitrogen and oxygen atoms in total. The number of carbonyl (C=O) groups is 2. The summed E-state index contributed by atoms with van der Waals surface area (Å²) >= 11 is 0. The van der Waals surface area contributed by atoms with Crippen LogP contribution in [0.25, 0.3) is 0 Å². The minimum Gasteiger partial charge on any atom is -0.497 e. The smallest absolute Gasteiger partial charge is 0.339 e. The van der Waals surface area contributed by atoms with Crippen molar-refractivity contribution in [3.8, 4) is 5.75 Å². The molecule has 0 unspecified atom stereocenters. The van der Waals surface area contributed by atoms with Crippen molar-refractivity contribution < 1.29 is 27.5 Å². The average molecular weight is 430 g/mol. The molecule has 158 valence electrons. The summed E-state index contributed by atoms with van der Waals surface area (Å²) < 4.78 is 37.3. The summed E-state index contributed by atoms with van der Waals surface area (Å²) in [5.41, 5.74) is 0.765. The largest absolute Gasteiger partial charge is 0.497 e. The second-order valence-corrected chi connectivity index (χ2v) is 8.36.